The van der Waals surface area contributed by atoms with E-state index in [4.69, 9.17) is 0 Å². The molecule has 11 heavy (non-hydrogen) atoms. The summed E-state index contributed by atoms with van der Waals surface area (Å²) in [6.45, 7) is 6.92. The summed E-state index contributed by atoms with van der Waals surface area (Å²) < 4.78 is 2.58. The third kappa shape index (κ3) is 3.16. The second-order valence-corrected chi connectivity index (χ2v) is 9.92. The van der Waals surface area contributed by atoms with E-state index in [-0.39, 0.29) is 0 Å². The summed E-state index contributed by atoms with van der Waals surface area (Å²) >= 11 is 3.21. The molecule has 0 saturated carbocycles. The third-order valence-electron chi connectivity index (χ3n) is 1.14. The molecule has 0 aromatic carbocycles. The molecule has 1 aromatic rings. The van der Waals surface area contributed by atoms with Crippen LogP contribution in [0.3, 0.4) is 0 Å². The van der Waals surface area contributed by atoms with Gasteiger partial charge in [0.25, 0.3) is 0 Å². The fourth-order valence-corrected chi connectivity index (χ4v) is 2.25. The summed E-state index contributed by atoms with van der Waals surface area (Å²) in [5, 5.41) is 4.15. The highest BCUT2D eigenvalue weighted by Gasteiger charge is 2.14. The second-order valence-electron chi connectivity index (χ2n) is 3.77. The minimum Gasteiger partial charge on any atom is -0.255 e. The normalized spacial score (nSPS) is 12.0. The van der Waals surface area contributed by atoms with Crippen LogP contribution in [0.1, 0.15) is 0 Å². The highest BCUT2D eigenvalue weighted by Crippen LogP contribution is 2.05. The van der Waals surface area contributed by atoms with Gasteiger partial charge in [0, 0.05) is 6.17 Å². The maximum atomic E-state index is 4.15. The second kappa shape index (κ2) is 3.06. The summed E-state index contributed by atoms with van der Waals surface area (Å²) in [6.07, 6.45) is 2.80. The predicted octanol–water partition coefficient (Wildman–Crippen LogP) is 1.92. The zero-order valence-electron chi connectivity index (χ0n) is 7.00. The van der Waals surface area contributed by atoms with Gasteiger partial charge < -0.3 is 0 Å². The number of aromatic nitrogens is 3. The van der Waals surface area contributed by atoms with Gasteiger partial charge in [-0.2, -0.15) is 0 Å². The Morgan fingerprint density at radius 2 is 2.18 bits per heavy atom. The molecule has 1 heterocycles. The summed E-state index contributed by atoms with van der Waals surface area (Å²) in [5.74, 6) is 0. The van der Waals surface area contributed by atoms with Crippen LogP contribution in [0.4, 0.5) is 0 Å². The molecule has 1 aromatic heterocycles. The molecule has 62 valence electrons. The predicted molar refractivity (Wildman–Crippen MR) is 51.1 cm³/mol. The average Bonchev–Trinajstić information content (AvgIpc) is 2.10. The van der Waals surface area contributed by atoms with Crippen molar-refractivity contribution in [3.05, 3.63) is 11.1 Å². The summed E-state index contributed by atoms with van der Waals surface area (Å²) in [7, 11) is -1.05. The van der Waals surface area contributed by atoms with Crippen molar-refractivity contribution in [2.75, 3.05) is 0 Å². The van der Waals surface area contributed by atoms with Crippen molar-refractivity contribution in [3.8, 4) is 0 Å². The number of rotatable bonds is 2. The quantitative estimate of drug-likeness (QED) is 0.732. The van der Waals surface area contributed by atoms with Gasteiger partial charge in [-0.1, -0.05) is 19.6 Å². The Morgan fingerprint density at radius 3 is 2.55 bits per heavy atom. The van der Waals surface area contributed by atoms with Gasteiger partial charge in [-0.15, -0.1) is 5.10 Å². The van der Waals surface area contributed by atoms with Crippen molar-refractivity contribution in [2.24, 2.45) is 0 Å². The van der Waals surface area contributed by atoms with E-state index in [1.807, 2.05) is 4.68 Å². The highest BCUT2D eigenvalue weighted by atomic mass is 79.9. The first-order valence-electron chi connectivity index (χ1n) is 3.52. The van der Waals surface area contributed by atoms with Crippen LogP contribution in [0, 0.1) is 0 Å². The van der Waals surface area contributed by atoms with Crippen LogP contribution >= 0.6 is 15.9 Å². The molecule has 1 rings (SSSR count). The summed E-state index contributed by atoms with van der Waals surface area (Å²) in [5.41, 5.74) is 0. The Balaban J connectivity index is 2.65. The molecule has 0 aliphatic carbocycles. The van der Waals surface area contributed by atoms with Crippen molar-refractivity contribution in [1.82, 2.24) is 14.8 Å². The smallest absolute Gasteiger partial charge is 0.217 e. The molecule has 0 radical (unpaired) electrons. The lowest BCUT2D eigenvalue weighted by molar-refractivity contribution is 0.718. The molecule has 0 aliphatic heterocycles. The first-order chi connectivity index (χ1) is 4.97. The van der Waals surface area contributed by atoms with E-state index in [1.54, 1.807) is 6.33 Å². The number of hydrogen-bond donors (Lipinski definition) is 0. The van der Waals surface area contributed by atoms with E-state index in [1.165, 1.54) is 0 Å². The number of hydrogen-bond acceptors (Lipinski definition) is 2. The van der Waals surface area contributed by atoms with Gasteiger partial charge in [0.15, 0.2) is 0 Å². The van der Waals surface area contributed by atoms with Gasteiger partial charge in [-0.3, -0.25) is 4.68 Å². The van der Waals surface area contributed by atoms with E-state index >= 15 is 0 Å². The minimum absolute atomic E-state index is 0.677. The standard InChI is InChI=1S/C6H12BrN3Si/c1-11(2,3)5-10-4-8-6(7)9-10/h4H,5H2,1-3H3. The fourth-order valence-electron chi connectivity index (χ4n) is 0.834. The molecule has 0 N–H and O–H groups in total. The molecular formula is C6H12BrN3Si. The first-order valence-corrected chi connectivity index (χ1v) is 8.02. The van der Waals surface area contributed by atoms with Gasteiger partial charge in [-0.25, -0.2) is 4.98 Å². The lowest BCUT2D eigenvalue weighted by atomic mass is 11.2. The van der Waals surface area contributed by atoms with Gasteiger partial charge >= 0.3 is 0 Å². The van der Waals surface area contributed by atoms with Gasteiger partial charge in [0.1, 0.15) is 6.33 Å². The monoisotopic (exact) mass is 233 g/mol. The molecule has 0 bridgehead atoms. The maximum Gasteiger partial charge on any atom is 0.217 e. The van der Waals surface area contributed by atoms with E-state index in [9.17, 15) is 0 Å². The molecule has 0 spiro atoms. The molecular weight excluding hydrogens is 222 g/mol. The maximum absolute atomic E-state index is 4.15. The first kappa shape index (κ1) is 8.93. The van der Waals surface area contributed by atoms with Crippen LogP contribution in [0.2, 0.25) is 19.6 Å². The number of halogens is 1. The van der Waals surface area contributed by atoms with E-state index in [2.05, 4.69) is 45.7 Å². The topological polar surface area (TPSA) is 30.7 Å². The molecule has 0 saturated heterocycles. The zero-order chi connectivity index (χ0) is 8.48. The van der Waals surface area contributed by atoms with Crippen molar-refractivity contribution < 1.29 is 0 Å². The van der Waals surface area contributed by atoms with Crippen molar-refractivity contribution in [2.45, 2.75) is 25.8 Å². The molecule has 0 atom stereocenters. The lowest BCUT2D eigenvalue weighted by Gasteiger charge is -2.14. The van der Waals surface area contributed by atoms with Crippen LogP contribution in [0.15, 0.2) is 11.1 Å². The van der Waals surface area contributed by atoms with Crippen LogP contribution in [0.5, 0.6) is 0 Å². The summed E-state index contributed by atoms with van der Waals surface area (Å²) in [6, 6.07) is 0. The Labute approximate surface area is 76.0 Å². The van der Waals surface area contributed by atoms with Gasteiger partial charge in [-0.05, 0) is 15.9 Å². The van der Waals surface area contributed by atoms with Crippen molar-refractivity contribution in [3.63, 3.8) is 0 Å². The van der Waals surface area contributed by atoms with Gasteiger partial charge in [0.05, 0.1) is 8.07 Å². The summed E-state index contributed by atoms with van der Waals surface area (Å²) in [4.78, 5) is 3.99. The Kier molecular flexibility index (Phi) is 2.49. The molecule has 3 nitrogen and oxygen atoms in total. The van der Waals surface area contributed by atoms with E-state index in [0.29, 0.717) is 4.73 Å². The molecule has 0 aliphatic rings. The zero-order valence-corrected chi connectivity index (χ0v) is 9.59. The van der Waals surface area contributed by atoms with Gasteiger partial charge in [0.2, 0.25) is 4.73 Å². The minimum atomic E-state index is -1.05. The third-order valence-corrected chi connectivity index (χ3v) is 2.78. The Bertz CT molecular complexity index is 240. The Hall–Kier alpha value is -0.163. The molecule has 5 heteroatoms. The van der Waals surface area contributed by atoms with Crippen molar-refractivity contribution >= 4 is 24.0 Å². The highest BCUT2D eigenvalue weighted by molar-refractivity contribution is 9.10. The van der Waals surface area contributed by atoms with E-state index in [0.717, 1.165) is 6.17 Å². The van der Waals surface area contributed by atoms with Crippen LogP contribution in [-0.4, -0.2) is 22.8 Å². The number of nitrogens with zero attached hydrogens (tertiary/aromatic N) is 3. The molecule has 0 fully saturated rings. The fraction of sp³-hybridized carbons (Fsp3) is 0.667. The van der Waals surface area contributed by atoms with Crippen LogP contribution < -0.4 is 0 Å². The van der Waals surface area contributed by atoms with E-state index < -0.39 is 8.07 Å². The largest absolute Gasteiger partial charge is 0.255 e. The van der Waals surface area contributed by atoms with Crippen molar-refractivity contribution in [1.29, 1.82) is 0 Å². The molecule has 0 amide bonds. The van der Waals surface area contributed by atoms with Crippen LogP contribution in [0.25, 0.3) is 0 Å². The average molecular weight is 234 g/mol. The Morgan fingerprint density at radius 1 is 1.55 bits per heavy atom. The molecule has 0 unspecified atom stereocenters. The van der Waals surface area contributed by atoms with Crippen LogP contribution in [-0.2, 0) is 6.17 Å². The SMILES string of the molecule is C[Si](C)(C)Cn1cnc(Br)n1. The lowest BCUT2D eigenvalue weighted by Crippen LogP contribution is -2.28.